The zero-order valence-electron chi connectivity index (χ0n) is 11.9. The summed E-state index contributed by atoms with van der Waals surface area (Å²) in [4.78, 5) is 14.1. The lowest BCUT2D eigenvalue weighted by Crippen LogP contribution is -2.47. The van der Waals surface area contributed by atoms with Gasteiger partial charge in [-0.15, -0.1) is 0 Å². The first-order valence-corrected chi connectivity index (χ1v) is 7.48. The van der Waals surface area contributed by atoms with Gasteiger partial charge in [0, 0.05) is 17.6 Å². The minimum Gasteiger partial charge on any atom is -0.338 e. The molecule has 0 saturated carbocycles. The van der Waals surface area contributed by atoms with Crippen molar-refractivity contribution in [2.24, 2.45) is 0 Å². The van der Waals surface area contributed by atoms with Crippen molar-refractivity contribution in [3.8, 4) is 0 Å². The lowest BCUT2D eigenvalue weighted by Gasteiger charge is -2.29. The van der Waals surface area contributed by atoms with E-state index in [2.05, 4.69) is 22.6 Å². The Morgan fingerprint density at radius 3 is 2.60 bits per heavy atom. The van der Waals surface area contributed by atoms with Crippen LogP contribution in [-0.2, 0) is 6.42 Å². The molecule has 110 valence electrons. The molecule has 1 aromatic carbocycles. The summed E-state index contributed by atoms with van der Waals surface area (Å²) in [5.41, 5.74) is 1.17. The van der Waals surface area contributed by atoms with Crippen molar-refractivity contribution in [2.45, 2.75) is 25.3 Å². The Hall–Kier alpha value is -1.26. The number of halogens is 1. The Kier molecular flexibility index (Phi) is 5.68. The highest BCUT2D eigenvalue weighted by Gasteiger charge is 2.17. The summed E-state index contributed by atoms with van der Waals surface area (Å²) in [6.07, 6.45) is 2.88. The van der Waals surface area contributed by atoms with Gasteiger partial charge in [-0.1, -0.05) is 23.7 Å². The number of urea groups is 1. The van der Waals surface area contributed by atoms with Crippen molar-refractivity contribution < 1.29 is 4.79 Å². The summed E-state index contributed by atoms with van der Waals surface area (Å²) in [5, 5.41) is 6.68. The van der Waals surface area contributed by atoms with Gasteiger partial charge in [-0.3, -0.25) is 0 Å². The Morgan fingerprint density at radius 1 is 1.30 bits per heavy atom. The number of hydrogen-bond donors (Lipinski definition) is 2. The molecule has 0 atom stereocenters. The third kappa shape index (κ3) is 5.02. The summed E-state index contributed by atoms with van der Waals surface area (Å²) in [6, 6.07) is 7.96. The highest BCUT2D eigenvalue weighted by Crippen LogP contribution is 2.10. The van der Waals surface area contributed by atoms with Crippen molar-refractivity contribution >= 4 is 17.6 Å². The van der Waals surface area contributed by atoms with Gasteiger partial charge in [-0.2, -0.15) is 0 Å². The molecule has 1 fully saturated rings. The van der Waals surface area contributed by atoms with Crippen LogP contribution in [0.3, 0.4) is 0 Å². The summed E-state index contributed by atoms with van der Waals surface area (Å²) in [7, 11) is 2.11. The number of amides is 2. The van der Waals surface area contributed by atoms with Gasteiger partial charge >= 0.3 is 6.03 Å². The summed E-state index contributed by atoms with van der Waals surface area (Å²) in [6.45, 7) is 2.74. The second-order valence-electron chi connectivity index (χ2n) is 5.35. The van der Waals surface area contributed by atoms with Gasteiger partial charge in [0.2, 0.25) is 0 Å². The average Bonchev–Trinajstić information content (AvgIpc) is 2.44. The highest BCUT2D eigenvalue weighted by atomic mass is 35.5. The van der Waals surface area contributed by atoms with Crippen LogP contribution in [-0.4, -0.2) is 43.7 Å². The number of nitrogens with zero attached hydrogens (tertiary/aromatic N) is 1. The third-order valence-electron chi connectivity index (χ3n) is 3.67. The van der Waals surface area contributed by atoms with Gasteiger partial charge in [0.15, 0.2) is 0 Å². The molecule has 2 N–H and O–H groups in total. The molecule has 2 amide bonds. The van der Waals surface area contributed by atoms with E-state index in [-0.39, 0.29) is 6.03 Å². The van der Waals surface area contributed by atoms with Crippen molar-refractivity contribution in [1.82, 2.24) is 15.5 Å². The predicted octanol–water partition coefficient (Wildman–Crippen LogP) is 2.28. The van der Waals surface area contributed by atoms with Crippen molar-refractivity contribution in [1.29, 1.82) is 0 Å². The number of nitrogens with one attached hydrogen (secondary N) is 2. The molecule has 1 saturated heterocycles. The number of carbonyl (C=O) groups excluding carboxylic acids is 1. The quantitative estimate of drug-likeness (QED) is 0.895. The van der Waals surface area contributed by atoms with Crippen LogP contribution in [0.5, 0.6) is 0 Å². The summed E-state index contributed by atoms with van der Waals surface area (Å²) >= 11 is 5.83. The molecule has 0 aliphatic carbocycles. The first-order chi connectivity index (χ1) is 9.63. The molecule has 1 heterocycles. The second-order valence-corrected chi connectivity index (χ2v) is 5.79. The van der Waals surface area contributed by atoms with Crippen LogP contribution in [0.2, 0.25) is 5.02 Å². The van der Waals surface area contributed by atoms with Crippen molar-refractivity contribution in [3.05, 3.63) is 34.9 Å². The topological polar surface area (TPSA) is 44.4 Å². The van der Waals surface area contributed by atoms with Crippen LogP contribution in [0.1, 0.15) is 18.4 Å². The molecule has 5 heteroatoms. The smallest absolute Gasteiger partial charge is 0.315 e. The van der Waals surface area contributed by atoms with Gasteiger partial charge in [-0.25, -0.2) is 4.79 Å². The number of carbonyl (C=O) groups is 1. The molecule has 0 spiro atoms. The molecule has 0 aromatic heterocycles. The normalized spacial score (nSPS) is 16.9. The SMILES string of the molecule is CN1CCC(NC(=O)NCCc2ccc(Cl)cc2)CC1. The number of rotatable bonds is 4. The molecule has 20 heavy (non-hydrogen) atoms. The van der Waals surface area contributed by atoms with Gasteiger partial charge < -0.3 is 15.5 Å². The van der Waals surface area contributed by atoms with E-state index >= 15 is 0 Å². The number of likely N-dealkylation sites (tertiary alicyclic amines) is 1. The molecule has 0 unspecified atom stereocenters. The van der Waals surface area contributed by atoms with Crippen LogP contribution in [0, 0.1) is 0 Å². The molecule has 0 radical (unpaired) electrons. The first-order valence-electron chi connectivity index (χ1n) is 7.11. The van der Waals surface area contributed by atoms with E-state index in [0.717, 1.165) is 37.4 Å². The molecule has 2 rings (SSSR count). The van der Waals surface area contributed by atoms with Crippen LogP contribution >= 0.6 is 11.6 Å². The second kappa shape index (κ2) is 7.50. The third-order valence-corrected chi connectivity index (χ3v) is 3.92. The van der Waals surface area contributed by atoms with E-state index in [9.17, 15) is 4.79 Å². The van der Waals surface area contributed by atoms with E-state index < -0.39 is 0 Å². The van der Waals surface area contributed by atoms with Gasteiger partial charge in [-0.05, 0) is 57.1 Å². The van der Waals surface area contributed by atoms with Crippen molar-refractivity contribution in [2.75, 3.05) is 26.7 Å². The Balaban J connectivity index is 1.64. The van der Waals surface area contributed by atoms with Gasteiger partial charge in [0.05, 0.1) is 0 Å². The van der Waals surface area contributed by atoms with Gasteiger partial charge in [0.25, 0.3) is 0 Å². The minimum atomic E-state index is -0.0616. The largest absolute Gasteiger partial charge is 0.338 e. The van der Waals surface area contributed by atoms with Crippen molar-refractivity contribution in [3.63, 3.8) is 0 Å². The minimum absolute atomic E-state index is 0.0616. The molecule has 0 bridgehead atoms. The number of benzene rings is 1. The molecule has 4 nitrogen and oxygen atoms in total. The van der Waals surface area contributed by atoms with E-state index in [1.54, 1.807) is 0 Å². The van der Waals surface area contributed by atoms with E-state index in [4.69, 9.17) is 11.6 Å². The van der Waals surface area contributed by atoms with E-state index in [1.807, 2.05) is 24.3 Å². The molecule has 1 aliphatic heterocycles. The summed E-state index contributed by atoms with van der Waals surface area (Å²) < 4.78 is 0. The average molecular weight is 296 g/mol. The highest BCUT2D eigenvalue weighted by molar-refractivity contribution is 6.30. The molecular weight excluding hydrogens is 274 g/mol. The van der Waals surface area contributed by atoms with Crippen LogP contribution in [0.4, 0.5) is 4.79 Å². The summed E-state index contributed by atoms with van der Waals surface area (Å²) in [5.74, 6) is 0. The Bertz CT molecular complexity index is 427. The molecule has 1 aliphatic rings. The fourth-order valence-electron chi connectivity index (χ4n) is 2.36. The number of hydrogen-bond acceptors (Lipinski definition) is 2. The standard InChI is InChI=1S/C15H22ClN3O/c1-19-10-7-14(8-11-19)18-15(20)17-9-6-12-2-4-13(16)5-3-12/h2-5,14H,6-11H2,1H3,(H2,17,18,20). The predicted molar refractivity (Wildman–Crippen MR) is 82.2 cm³/mol. The zero-order valence-corrected chi connectivity index (χ0v) is 12.6. The van der Waals surface area contributed by atoms with Gasteiger partial charge in [0.1, 0.15) is 0 Å². The Morgan fingerprint density at radius 2 is 1.95 bits per heavy atom. The van der Waals surface area contributed by atoms with Crippen LogP contribution in [0.15, 0.2) is 24.3 Å². The Labute approximate surface area is 125 Å². The zero-order chi connectivity index (χ0) is 14.4. The maximum atomic E-state index is 11.8. The lowest BCUT2D eigenvalue weighted by molar-refractivity contribution is 0.214. The van der Waals surface area contributed by atoms with E-state index in [0.29, 0.717) is 12.6 Å². The molecule has 1 aromatic rings. The van der Waals surface area contributed by atoms with E-state index in [1.165, 1.54) is 5.56 Å². The maximum absolute atomic E-state index is 11.8. The molecular formula is C15H22ClN3O. The first kappa shape index (κ1) is 15.1. The van der Waals surface area contributed by atoms with Crippen LogP contribution in [0.25, 0.3) is 0 Å². The fourth-order valence-corrected chi connectivity index (χ4v) is 2.49. The maximum Gasteiger partial charge on any atom is 0.315 e. The fraction of sp³-hybridized carbons (Fsp3) is 0.533. The monoisotopic (exact) mass is 295 g/mol. The lowest BCUT2D eigenvalue weighted by atomic mass is 10.1. The number of piperidine rings is 1. The van der Waals surface area contributed by atoms with Crippen LogP contribution < -0.4 is 10.6 Å².